The second-order valence-electron chi connectivity index (χ2n) is 28.8. The SMILES string of the molecule is CC1(C)CCC(C)(C)c2cc(-c3ccc(-c4ccccc4-c4cc(-c5ccccc5-c5ccc(-c6ccc7c(c6)C(C)(C)CCC7(C)C)nc5)cc(-c5ccccc5-c5ccc(-c6ccc7c(c6)C(C)(C)CCC7(C)C)nc5)c4)cn3)ccc21. The zero-order chi connectivity index (χ0) is 58.6. The zero-order valence-corrected chi connectivity index (χ0v) is 51.6. The standard InChI is InChI=1S/C81H81N3/c1-76(2)37-40-79(7,8)70-46-52(25-31-67(70)76)73-34-28-55(49-82-73)61-19-13-16-22-64(61)58-43-59(65-23-17-14-20-62(65)56-29-35-74(83-50-56)53-26-32-68-71(47-53)80(9,10)41-38-77(68,3)4)45-60(44-58)66-24-18-15-21-63(66)57-30-36-75(84-51-57)54-27-33-69-72(48-54)81(11,12)42-39-78(69,5)6/h13-36,43-51H,37-42H2,1-12H3. The van der Waals surface area contributed by atoms with Crippen LogP contribution in [0.4, 0.5) is 0 Å². The molecule has 0 unspecified atom stereocenters. The molecule has 3 nitrogen and oxygen atoms in total. The molecule has 3 aliphatic carbocycles. The lowest BCUT2D eigenvalue weighted by Gasteiger charge is -2.42. The maximum absolute atomic E-state index is 5.21. The fraction of sp³-hybridized carbons (Fsp3) is 0.296. The normalized spacial score (nSPS) is 17.6. The summed E-state index contributed by atoms with van der Waals surface area (Å²) in [4.78, 5) is 15.6. The van der Waals surface area contributed by atoms with Gasteiger partial charge >= 0.3 is 0 Å². The molecule has 0 bridgehead atoms. The summed E-state index contributed by atoms with van der Waals surface area (Å²) in [6.07, 6.45) is 13.3. The van der Waals surface area contributed by atoms with Crippen molar-refractivity contribution in [3.8, 4) is 101 Å². The molecule has 3 aromatic heterocycles. The largest absolute Gasteiger partial charge is 0.256 e. The molecule has 420 valence electrons. The molecule has 0 fully saturated rings. The first-order valence-corrected chi connectivity index (χ1v) is 30.8. The van der Waals surface area contributed by atoms with Crippen molar-refractivity contribution in [3.63, 3.8) is 0 Å². The summed E-state index contributed by atoms with van der Waals surface area (Å²) in [6.45, 7) is 28.7. The Morgan fingerprint density at radius 2 is 0.429 bits per heavy atom. The van der Waals surface area contributed by atoms with E-state index in [0.29, 0.717) is 0 Å². The van der Waals surface area contributed by atoms with E-state index >= 15 is 0 Å². The molecule has 0 radical (unpaired) electrons. The maximum Gasteiger partial charge on any atom is 0.0702 e. The van der Waals surface area contributed by atoms with Crippen molar-refractivity contribution in [2.24, 2.45) is 0 Å². The number of nitrogens with zero attached hydrogens (tertiary/aromatic N) is 3. The smallest absolute Gasteiger partial charge is 0.0702 e. The van der Waals surface area contributed by atoms with Crippen LogP contribution in [-0.4, -0.2) is 15.0 Å². The average molecular weight is 1100 g/mol. The van der Waals surface area contributed by atoms with Crippen LogP contribution in [0.25, 0.3) is 101 Å². The molecule has 0 atom stereocenters. The number of fused-ring (bicyclic) bond motifs is 3. The van der Waals surface area contributed by atoms with Gasteiger partial charge in [-0.1, -0.05) is 210 Å². The minimum absolute atomic E-state index is 0.118. The molecular formula is C81H81N3. The van der Waals surface area contributed by atoms with Crippen LogP contribution in [-0.2, 0) is 32.5 Å². The van der Waals surface area contributed by atoms with Crippen molar-refractivity contribution in [3.05, 3.63) is 234 Å². The van der Waals surface area contributed by atoms with Crippen LogP contribution < -0.4 is 0 Å². The van der Waals surface area contributed by atoms with Gasteiger partial charge in [0, 0.05) is 52.0 Å². The lowest BCUT2D eigenvalue weighted by Crippen LogP contribution is -2.33. The Morgan fingerprint density at radius 1 is 0.214 bits per heavy atom. The van der Waals surface area contributed by atoms with Gasteiger partial charge in [0.15, 0.2) is 0 Å². The van der Waals surface area contributed by atoms with Crippen LogP contribution in [0.1, 0.15) is 155 Å². The van der Waals surface area contributed by atoms with Gasteiger partial charge < -0.3 is 0 Å². The Balaban J connectivity index is 0.905. The topological polar surface area (TPSA) is 38.7 Å². The third-order valence-corrected chi connectivity index (χ3v) is 20.3. The highest BCUT2D eigenvalue weighted by Gasteiger charge is 2.40. The van der Waals surface area contributed by atoms with Gasteiger partial charge in [-0.25, -0.2) is 0 Å². The molecule has 3 aliphatic rings. The highest BCUT2D eigenvalue weighted by Crippen LogP contribution is 2.51. The van der Waals surface area contributed by atoms with E-state index in [9.17, 15) is 0 Å². The van der Waals surface area contributed by atoms with E-state index in [4.69, 9.17) is 15.0 Å². The van der Waals surface area contributed by atoms with Crippen molar-refractivity contribution < 1.29 is 0 Å². The Labute approximate surface area is 500 Å². The molecule has 3 heterocycles. The number of pyridine rings is 3. The minimum atomic E-state index is 0.118. The summed E-state index contributed by atoms with van der Waals surface area (Å²) in [7, 11) is 0. The summed E-state index contributed by atoms with van der Waals surface area (Å²) in [5, 5.41) is 0. The van der Waals surface area contributed by atoms with Crippen molar-refractivity contribution in [2.75, 3.05) is 0 Å². The van der Waals surface area contributed by atoms with Crippen molar-refractivity contribution >= 4 is 0 Å². The Hall–Kier alpha value is -8.01. The van der Waals surface area contributed by atoms with Gasteiger partial charge in [-0.3, -0.25) is 15.0 Å². The van der Waals surface area contributed by atoms with Gasteiger partial charge in [0.25, 0.3) is 0 Å². The van der Waals surface area contributed by atoms with Crippen LogP contribution in [0.5, 0.6) is 0 Å². The van der Waals surface area contributed by atoms with Crippen LogP contribution in [0.15, 0.2) is 201 Å². The van der Waals surface area contributed by atoms with Crippen LogP contribution >= 0.6 is 0 Å². The van der Waals surface area contributed by atoms with E-state index in [-0.39, 0.29) is 32.5 Å². The predicted molar refractivity (Wildman–Crippen MR) is 355 cm³/mol. The van der Waals surface area contributed by atoms with Gasteiger partial charge in [-0.15, -0.1) is 0 Å². The number of hydrogen-bond acceptors (Lipinski definition) is 3. The van der Waals surface area contributed by atoms with Gasteiger partial charge in [0.05, 0.1) is 17.1 Å². The number of benzene rings is 7. The van der Waals surface area contributed by atoms with Crippen LogP contribution in [0, 0.1) is 0 Å². The minimum Gasteiger partial charge on any atom is -0.256 e. The lowest BCUT2D eigenvalue weighted by atomic mass is 9.63. The molecule has 10 aromatic rings. The van der Waals surface area contributed by atoms with Crippen LogP contribution in [0.3, 0.4) is 0 Å². The van der Waals surface area contributed by atoms with Crippen LogP contribution in [0.2, 0.25) is 0 Å². The van der Waals surface area contributed by atoms with Crippen molar-refractivity contribution in [1.82, 2.24) is 15.0 Å². The molecule has 0 aliphatic heterocycles. The van der Waals surface area contributed by atoms with Gasteiger partial charge in [0.2, 0.25) is 0 Å². The van der Waals surface area contributed by atoms with Crippen molar-refractivity contribution in [2.45, 2.75) is 154 Å². The van der Waals surface area contributed by atoms with Gasteiger partial charge in [0.1, 0.15) is 0 Å². The van der Waals surface area contributed by atoms with E-state index in [1.807, 2.05) is 0 Å². The number of aromatic nitrogens is 3. The average Bonchev–Trinajstić information content (AvgIpc) is 3.59. The molecule has 13 rings (SSSR count). The number of hydrogen-bond donors (Lipinski definition) is 0. The quantitative estimate of drug-likeness (QED) is 0.145. The van der Waals surface area contributed by atoms with Gasteiger partial charge in [-0.05, 0) is 209 Å². The van der Waals surface area contributed by atoms with E-state index in [0.717, 1.165) is 83.8 Å². The molecule has 84 heavy (non-hydrogen) atoms. The second kappa shape index (κ2) is 20.4. The molecular weight excluding hydrogens is 1010 g/mol. The molecule has 0 spiro atoms. The molecule has 0 saturated heterocycles. The summed E-state index contributed by atoms with van der Waals surface area (Å²) in [6, 6.07) is 68.3. The summed E-state index contributed by atoms with van der Waals surface area (Å²) in [5.41, 5.74) is 29.5. The highest BCUT2D eigenvalue weighted by atomic mass is 14.7. The molecule has 0 N–H and O–H groups in total. The molecule has 3 heteroatoms. The lowest BCUT2D eigenvalue weighted by molar-refractivity contribution is 0.332. The third kappa shape index (κ3) is 9.95. The van der Waals surface area contributed by atoms with E-state index < -0.39 is 0 Å². The first kappa shape index (κ1) is 55.2. The highest BCUT2D eigenvalue weighted by molar-refractivity contribution is 5.94. The third-order valence-electron chi connectivity index (χ3n) is 20.3. The fourth-order valence-corrected chi connectivity index (χ4v) is 14.5. The summed E-state index contributed by atoms with van der Waals surface area (Å²) < 4.78 is 0. The van der Waals surface area contributed by atoms with E-state index in [1.54, 1.807) is 0 Å². The summed E-state index contributed by atoms with van der Waals surface area (Å²) in [5.74, 6) is 0. The predicted octanol–water partition coefficient (Wildman–Crippen LogP) is 21.9. The Kier molecular flexibility index (Phi) is 13.4. The maximum atomic E-state index is 5.21. The molecule has 7 aromatic carbocycles. The first-order valence-electron chi connectivity index (χ1n) is 30.8. The van der Waals surface area contributed by atoms with Crippen molar-refractivity contribution in [1.29, 1.82) is 0 Å². The summed E-state index contributed by atoms with van der Waals surface area (Å²) >= 11 is 0. The second-order valence-corrected chi connectivity index (χ2v) is 28.8. The molecule has 0 amide bonds. The number of rotatable bonds is 9. The molecule has 0 saturated carbocycles. The first-order chi connectivity index (χ1) is 40.1. The monoisotopic (exact) mass is 1100 g/mol. The Morgan fingerprint density at radius 3 is 0.655 bits per heavy atom. The van der Waals surface area contributed by atoms with E-state index in [1.165, 1.54) is 88.6 Å². The van der Waals surface area contributed by atoms with E-state index in [2.05, 4.69) is 284 Å². The fourth-order valence-electron chi connectivity index (χ4n) is 14.5. The van der Waals surface area contributed by atoms with Gasteiger partial charge in [-0.2, -0.15) is 0 Å². The Bertz CT molecular complexity index is 3720. The zero-order valence-electron chi connectivity index (χ0n) is 51.6.